The SMILES string of the molecule is CCNc1nccnc1-c1cncn1C1CC1. The van der Waals surface area contributed by atoms with Gasteiger partial charge in [-0.05, 0) is 19.8 Å². The summed E-state index contributed by atoms with van der Waals surface area (Å²) in [7, 11) is 0. The van der Waals surface area contributed by atoms with Gasteiger partial charge in [-0.1, -0.05) is 0 Å². The van der Waals surface area contributed by atoms with E-state index in [4.69, 9.17) is 0 Å². The maximum Gasteiger partial charge on any atom is 0.154 e. The summed E-state index contributed by atoms with van der Waals surface area (Å²) in [6.07, 6.45) is 9.65. The fourth-order valence-electron chi connectivity index (χ4n) is 1.95. The fourth-order valence-corrected chi connectivity index (χ4v) is 1.95. The first-order chi connectivity index (χ1) is 8.40. The molecule has 2 heterocycles. The second kappa shape index (κ2) is 4.16. The highest BCUT2D eigenvalue weighted by atomic mass is 15.1. The molecule has 0 atom stereocenters. The van der Waals surface area contributed by atoms with Gasteiger partial charge in [-0.15, -0.1) is 0 Å². The van der Waals surface area contributed by atoms with Gasteiger partial charge < -0.3 is 9.88 Å². The number of anilines is 1. The lowest BCUT2D eigenvalue weighted by Gasteiger charge is -2.10. The van der Waals surface area contributed by atoms with Crippen molar-refractivity contribution in [2.75, 3.05) is 11.9 Å². The minimum absolute atomic E-state index is 0.601. The van der Waals surface area contributed by atoms with Crippen molar-refractivity contribution in [3.05, 3.63) is 24.9 Å². The molecule has 1 fully saturated rings. The molecular formula is C12H15N5. The Hall–Kier alpha value is -1.91. The molecule has 0 aliphatic heterocycles. The van der Waals surface area contributed by atoms with E-state index in [9.17, 15) is 0 Å². The zero-order chi connectivity index (χ0) is 11.7. The number of hydrogen-bond acceptors (Lipinski definition) is 4. The Morgan fingerprint density at radius 1 is 1.35 bits per heavy atom. The van der Waals surface area contributed by atoms with Crippen LogP contribution in [-0.4, -0.2) is 26.1 Å². The lowest BCUT2D eigenvalue weighted by molar-refractivity contribution is 0.745. The minimum atomic E-state index is 0.601. The predicted molar refractivity (Wildman–Crippen MR) is 65.7 cm³/mol. The molecule has 0 saturated heterocycles. The number of rotatable bonds is 4. The van der Waals surface area contributed by atoms with Gasteiger partial charge >= 0.3 is 0 Å². The summed E-state index contributed by atoms with van der Waals surface area (Å²) in [6.45, 7) is 2.89. The van der Waals surface area contributed by atoms with Crippen LogP contribution in [0.2, 0.25) is 0 Å². The van der Waals surface area contributed by atoms with E-state index < -0.39 is 0 Å². The van der Waals surface area contributed by atoms with Gasteiger partial charge in [0, 0.05) is 25.0 Å². The average molecular weight is 229 g/mol. The van der Waals surface area contributed by atoms with Gasteiger partial charge in [0.15, 0.2) is 5.82 Å². The van der Waals surface area contributed by atoms with Crippen molar-refractivity contribution in [3.8, 4) is 11.4 Å². The Morgan fingerprint density at radius 2 is 2.18 bits per heavy atom. The molecule has 1 aliphatic rings. The van der Waals surface area contributed by atoms with Crippen LogP contribution in [0.25, 0.3) is 11.4 Å². The summed E-state index contributed by atoms with van der Waals surface area (Å²) in [5.74, 6) is 0.831. The van der Waals surface area contributed by atoms with E-state index in [0.717, 1.165) is 23.8 Å². The van der Waals surface area contributed by atoms with Crippen LogP contribution < -0.4 is 5.32 Å². The summed E-state index contributed by atoms with van der Waals surface area (Å²) in [5, 5.41) is 3.24. The topological polar surface area (TPSA) is 55.6 Å². The molecule has 17 heavy (non-hydrogen) atoms. The lowest BCUT2D eigenvalue weighted by Crippen LogP contribution is -2.05. The first-order valence-corrected chi connectivity index (χ1v) is 5.97. The molecule has 0 spiro atoms. The summed E-state index contributed by atoms with van der Waals surface area (Å²) in [6, 6.07) is 0.601. The van der Waals surface area contributed by atoms with E-state index in [1.165, 1.54) is 12.8 Å². The molecule has 1 saturated carbocycles. The Labute approximate surface area is 99.9 Å². The first-order valence-electron chi connectivity index (χ1n) is 5.97. The van der Waals surface area contributed by atoms with Gasteiger partial charge in [-0.3, -0.25) is 0 Å². The zero-order valence-corrected chi connectivity index (χ0v) is 9.80. The predicted octanol–water partition coefficient (Wildman–Crippen LogP) is 2.11. The monoisotopic (exact) mass is 229 g/mol. The van der Waals surface area contributed by atoms with E-state index in [1.807, 2.05) is 12.5 Å². The Balaban J connectivity index is 2.04. The molecule has 1 aliphatic carbocycles. The summed E-state index contributed by atoms with van der Waals surface area (Å²) in [4.78, 5) is 13.0. The maximum atomic E-state index is 4.42. The highest BCUT2D eigenvalue weighted by Gasteiger charge is 2.26. The van der Waals surface area contributed by atoms with Crippen LogP contribution >= 0.6 is 0 Å². The van der Waals surface area contributed by atoms with E-state index in [-0.39, 0.29) is 0 Å². The van der Waals surface area contributed by atoms with Gasteiger partial charge in [0.1, 0.15) is 5.69 Å². The summed E-state index contributed by atoms with van der Waals surface area (Å²) in [5.41, 5.74) is 1.94. The number of imidazole rings is 1. The molecule has 0 bridgehead atoms. The van der Waals surface area contributed by atoms with Crippen LogP contribution in [0.4, 0.5) is 5.82 Å². The molecule has 0 amide bonds. The quantitative estimate of drug-likeness (QED) is 0.872. The summed E-state index contributed by atoms with van der Waals surface area (Å²) >= 11 is 0. The first kappa shape index (κ1) is 10.3. The molecule has 5 heteroatoms. The maximum absolute atomic E-state index is 4.42. The smallest absolute Gasteiger partial charge is 0.154 e. The largest absolute Gasteiger partial charge is 0.368 e. The van der Waals surface area contributed by atoms with E-state index in [0.29, 0.717) is 6.04 Å². The normalized spacial score (nSPS) is 14.9. The van der Waals surface area contributed by atoms with Crippen LogP contribution in [0.5, 0.6) is 0 Å². The van der Waals surface area contributed by atoms with Gasteiger partial charge in [-0.2, -0.15) is 0 Å². The number of aromatic nitrogens is 4. The Morgan fingerprint density at radius 3 is 2.94 bits per heavy atom. The molecule has 2 aromatic rings. The third-order valence-corrected chi connectivity index (χ3v) is 2.89. The third-order valence-electron chi connectivity index (χ3n) is 2.89. The van der Waals surface area contributed by atoms with Crippen LogP contribution in [0.15, 0.2) is 24.9 Å². The second-order valence-corrected chi connectivity index (χ2v) is 4.20. The number of hydrogen-bond donors (Lipinski definition) is 1. The second-order valence-electron chi connectivity index (χ2n) is 4.20. The molecule has 0 unspecified atom stereocenters. The minimum Gasteiger partial charge on any atom is -0.368 e. The van der Waals surface area contributed by atoms with Gasteiger partial charge in [0.25, 0.3) is 0 Å². The highest BCUT2D eigenvalue weighted by molar-refractivity contribution is 5.68. The lowest BCUT2D eigenvalue weighted by atomic mass is 10.3. The van der Waals surface area contributed by atoms with E-state index >= 15 is 0 Å². The number of nitrogens with zero attached hydrogens (tertiary/aromatic N) is 4. The fraction of sp³-hybridized carbons (Fsp3) is 0.417. The van der Waals surface area contributed by atoms with Crippen LogP contribution in [-0.2, 0) is 0 Å². The zero-order valence-electron chi connectivity index (χ0n) is 9.80. The van der Waals surface area contributed by atoms with Crippen LogP contribution in [0.3, 0.4) is 0 Å². The van der Waals surface area contributed by atoms with E-state index in [1.54, 1.807) is 12.4 Å². The highest BCUT2D eigenvalue weighted by Crippen LogP contribution is 2.38. The average Bonchev–Trinajstić information content (AvgIpc) is 3.09. The third kappa shape index (κ3) is 1.88. The van der Waals surface area contributed by atoms with Crippen LogP contribution in [0.1, 0.15) is 25.8 Å². The van der Waals surface area contributed by atoms with Crippen molar-refractivity contribution in [2.24, 2.45) is 0 Å². The Kier molecular flexibility index (Phi) is 2.51. The van der Waals surface area contributed by atoms with Gasteiger partial charge in [0.05, 0.1) is 18.2 Å². The Bertz CT molecular complexity index is 515. The van der Waals surface area contributed by atoms with E-state index in [2.05, 4.69) is 31.8 Å². The molecule has 0 radical (unpaired) electrons. The van der Waals surface area contributed by atoms with Crippen molar-refractivity contribution < 1.29 is 0 Å². The van der Waals surface area contributed by atoms with Crippen molar-refractivity contribution in [1.29, 1.82) is 0 Å². The molecule has 1 N–H and O–H groups in total. The molecule has 88 valence electrons. The van der Waals surface area contributed by atoms with Crippen molar-refractivity contribution >= 4 is 5.82 Å². The molecular weight excluding hydrogens is 214 g/mol. The number of nitrogens with one attached hydrogen (secondary N) is 1. The van der Waals surface area contributed by atoms with Gasteiger partial charge in [-0.25, -0.2) is 15.0 Å². The summed E-state index contributed by atoms with van der Waals surface area (Å²) < 4.78 is 2.20. The van der Waals surface area contributed by atoms with Crippen molar-refractivity contribution in [3.63, 3.8) is 0 Å². The molecule has 5 nitrogen and oxygen atoms in total. The standard InChI is InChI=1S/C12H15N5/c1-2-14-12-11(15-5-6-16-12)10-7-13-8-17(10)9-3-4-9/h5-9H,2-4H2,1H3,(H,14,16). The molecule has 2 aromatic heterocycles. The molecule has 0 aromatic carbocycles. The van der Waals surface area contributed by atoms with Crippen molar-refractivity contribution in [2.45, 2.75) is 25.8 Å². The molecule has 3 rings (SSSR count). The van der Waals surface area contributed by atoms with Crippen molar-refractivity contribution in [1.82, 2.24) is 19.5 Å². The van der Waals surface area contributed by atoms with Crippen LogP contribution in [0, 0.1) is 0 Å². The van der Waals surface area contributed by atoms with Gasteiger partial charge in [0.2, 0.25) is 0 Å².